The van der Waals surface area contributed by atoms with Crippen molar-refractivity contribution in [2.45, 2.75) is 19.4 Å². The van der Waals surface area contributed by atoms with E-state index in [1.807, 2.05) is 43.5 Å². The van der Waals surface area contributed by atoms with Gasteiger partial charge >= 0.3 is 0 Å². The van der Waals surface area contributed by atoms with Gasteiger partial charge in [-0.2, -0.15) is 0 Å². The van der Waals surface area contributed by atoms with Crippen LogP contribution in [-0.4, -0.2) is 44.7 Å². The fourth-order valence-corrected chi connectivity index (χ4v) is 3.36. The molecule has 0 radical (unpaired) electrons. The Hall–Kier alpha value is -2.40. The lowest BCUT2D eigenvalue weighted by Crippen LogP contribution is -3.19. The largest absolute Gasteiger partial charge is 0.351 e. The van der Waals surface area contributed by atoms with Crippen molar-refractivity contribution in [3.05, 3.63) is 60.3 Å². The Balaban J connectivity index is 1.42. The lowest BCUT2D eigenvalue weighted by molar-refractivity contribution is -0.914. The minimum atomic E-state index is -0.00215. The summed E-state index contributed by atoms with van der Waals surface area (Å²) < 4.78 is 0. The highest BCUT2D eigenvalue weighted by Gasteiger charge is 2.32. The van der Waals surface area contributed by atoms with E-state index in [1.54, 1.807) is 0 Å². The van der Waals surface area contributed by atoms with E-state index in [0.717, 1.165) is 38.4 Å². The molecule has 1 aliphatic heterocycles. The molecule has 3 rings (SSSR count). The lowest BCUT2D eigenvalue weighted by Gasteiger charge is -2.31. The number of carbonyl (C=O) groups excluding carboxylic acids is 1. The summed E-state index contributed by atoms with van der Waals surface area (Å²) in [5.41, 5.74) is 1.26. The molecular weight excluding hydrogens is 312 g/mol. The summed E-state index contributed by atoms with van der Waals surface area (Å²) in [6, 6.07) is 16.4. The van der Waals surface area contributed by atoms with Crippen LogP contribution in [0.2, 0.25) is 0 Å². The van der Waals surface area contributed by atoms with Crippen LogP contribution in [0.15, 0.2) is 54.7 Å². The molecule has 0 bridgehead atoms. The average molecular weight is 340 g/mol. The SMILES string of the molecule is C[C@H](C(=O)NCCc1ccccc1)[NH+]1CCN(c2cccc[nH+]2)CC1. The van der Waals surface area contributed by atoms with Gasteiger partial charge in [0.15, 0.2) is 6.04 Å². The molecule has 1 amide bonds. The molecule has 0 saturated carbocycles. The van der Waals surface area contributed by atoms with Gasteiger partial charge in [0, 0.05) is 12.6 Å². The van der Waals surface area contributed by atoms with Crippen molar-refractivity contribution in [3.8, 4) is 0 Å². The fraction of sp³-hybridized carbons (Fsp3) is 0.400. The Kier molecular flexibility index (Phi) is 6.01. The number of anilines is 1. The number of aromatic amines is 1. The van der Waals surface area contributed by atoms with Gasteiger partial charge in [-0.05, 0) is 25.0 Å². The molecular formula is C20H28N4O+2. The zero-order valence-corrected chi connectivity index (χ0v) is 14.9. The predicted molar refractivity (Wildman–Crippen MR) is 98.5 cm³/mol. The van der Waals surface area contributed by atoms with Gasteiger partial charge in [0.25, 0.3) is 11.7 Å². The van der Waals surface area contributed by atoms with E-state index in [4.69, 9.17) is 0 Å². The molecule has 2 heterocycles. The van der Waals surface area contributed by atoms with Crippen molar-refractivity contribution >= 4 is 11.7 Å². The predicted octanol–water partition coefficient (Wildman–Crippen LogP) is -0.0470. The second-order valence-electron chi connectivity index (χ2n) is 6.64. The topological polar surface area (TPSA) is 50.9 Å². The molecule has 1 aliphatic rings. The van der Waals surface area contributed by atoms with Crippen LogP contribution in [0, 0.1) is 0 Å². The summed E-state index contributed by atoms with van der Waals surface area (Å²) in [4.78, 5) is 19.4. The number of nitrogens with one attached hydrogen (secondary N) is 3. The molecule has 1 aromatic carbocycles. The van der Waals surface area contributed by atoms with Gasteiger partial charge in [-0.1, -0.05) is 36.4 Å². The summed E-state index contributed by atoms with van der Waals surface area (Å²) >= 11 is 0. The minimum absolute atomic E-state index is 0.00215. The first-order chi connectivity index (χ1) is 12.2. The van der Waals surface area contributed by atoms with Crippen LogP contribution in [0.4, 0.5) is 5.82 Å². The number of piperazine rings is 1. The van der Waals surface area contributed by atoms with Crippen molar-refractivity contribution in [1.82, 2.24) is 5.32 Å². The highest BCUT2D eigenvalue weighted by Crippen LogP contribution is 2.04. The van der Waals surface area contributed by atoms with Crippen LogP contribution in [0.3, 0.4) is 0 Å². The van der Waals surface area contributed by atoms with Gasteiger partial charge in [-0.15, -0.1) is 0 Å². The molecule has 2 aromatic rings. The zero-order chi connectivity index (χ0) is 17.5. The van der Waals surface area contributed by atoms with E-state index in [-0.39, 0.29) is 11.9 Å². The Bertz CT molecular complexity index is 654. The molecule has 0 aliphatic carbocycles. The third-order valence-electron chi connectivity index (χ3n) is 5.00. The number of carbonyl (C=O) groups is 1. The van der Waals surface area contributed by atoms with Crippen molar-refractivity contribution in [2.24, 2.45) is 0 Å². The van der Waals surface area contributed by atoms with Crippen LogP contribution in [0.5, 0.6) is 0 Å². The number of pyridine rings is 1. The second-order valence-corrected chi connectivity index (χ2v) is 6.64. The van der Waals surface area contributed by atoms with Gasteiger partial charge in [0.1, 0.15) is 26.2 Å². The monoisotopic (exact) mass is 340 g/mol. The first kappa shape index (κ1) is 17.4. The quantitative estimate of drug-likeness (QED) is 0.775. The van der Waals surface area contributed by atoms with Crippen LogP contribution < -0.4 is 20.1 Å². The Morgan fingerprint density at radius 3 is 2.56 bits per heavy atom. The summed E-state index contributed by atoms with van der Waals surface area (Å²) in [6.07, 6.45) is 2.84. The van der Waals surface area contributed by atoms with Gasteiger partial charge in [0.05, 0.1) is 6.20 Å². The maximum absolute atomic E-state index is 12.4. The molecule has 1 atom stereocenters. The zero-order valence-electron chi connectivity index (χ0n) is 14.9. The molecule has 1 aromatic heterocycles. The maximum atomic E-state index is 12.4. The van der Waals surface area contributed by atoms with E-state index in [1.165, 1.54) is 10.5 Å². The maximum Gasteiger partial charge on any atom is 0.278 e. The van der Waals surface area contributed by atoms with Crippen molar-refractivity contribution in [3.63, 3.8) is 0 Å². The van der Waals surface area contributed by atoms with Gasteiger partial charge < -0.3 is 10.2 Å². The van der Waals surface area contributed by atoms with Gasteiger partial charge in [0.2, 0.25) is 0 Å². The second kappa shape index (κ2) is 8.62. The van der Waals surface area contributed by atoms with Crippen LogP contribution >= 0.6 is 0 Å². The highest BCUT2D eigenvalue weighted by atomic mass is 16.2. The van der Waals surface area contributed by atoms with E-state index in [0.29, 0.717) is 6.54 Å². The van der Waals surface area contributed by atoms with Crippen LogP contribution in [-0.2, 0) is 11.2 Å². The number of quaternary nitrogens is 1. The summed E-state index contributed by atoms with van der Waals surface area (Å²) in [5.74, 6) is 1.31. The lowest BCUT2D eigenvalue weighted by atomic mass is 10.1. The number of amides is 1. The van der Waals surface area contributed by atoms with Crippen molar-refractivity contribution < 1.29 is 14.7 Å². The number of rotatable bonds is 6. The molecule has 3 N–H and O–H groups in total. The van der Waals surface area contributed by atoms with E-state index in [2.05, 4.69) is 33.4 Å². The number of hydrogen-bond acceptors (Lipinski definition) is 2. The van der Waals surface area contributed by atoms with Crippen molar-refractivity contribution in [1.29, 1.82) is 0 Å². The fourth-order valence-electron chi connectivity index (χ4n) is 3.36. The van der Waals surface area contributed by atoms with Crippen molar-refractivity contribution in [2.75, 3.05) is 37.6 Å². The molecule has 1 fully saturated rings. The number of hydrogen-bond donors (Lipinski definition) is 2. The summed E-state index contributed by atoms with van der Waals surface area (Å²) in [6.45, 7) is 6.64. The molecule has 5 nitrogen and oxygen atoms in total. The smallest absolute Gasteiger partial charge is 0.278 e. The van der Waals surface area contributed by atoms with E-state index in [9.17, 15) is 4.79 Å². The first-order valence-electron chi connectivity index (χ1n) is 9.12. The highest BCUT2D eigenvalue weighted by molar-refractivity contribution is 5.79. The number of H-pyrrole nitrogens is 1. The Morgan fingerprint density at radius 1 is 1.16 bits per heavy atom. The van der Waals surface area contributed by atoms with Crippen LogP contribution in [0.25, 0.3) is 0 Å². The third-order valence-corrected chi connectivity index (χ3v) is 5.00. The normalized spacial score (nSPS) is 16.4. The van der Waals surface area contributed by atoms with Gasteiger partial charge in [-0.3, -0.25) is 9.69 Å². The molecule has 1 saturated heterocycles. The Labute approximate surface area is 149 Å². The van der Waals surface area contributed by atoms with E-state index >= 15 is 0 Å². The first-order valence-corrected chi connectivity index (χ1v) is 9.12. The number of nitrogens with zero attached hydrogens (tertiary/aromatic N) is 1. The van der Waals surface area contributed by atoms with Gasteiger partial charge in [-0.25, -0.2) is 4.98 Å². The van der Waals surface area contributed by atoms with Crippen LogP contribution in [0.1, 0.15) is 12.5 Å². The standard InChI is InChI=1S/C20H26N4O/c1-17(20(25)22-12-10-18-7-3-2-4-8-18)23-13-15-24(16-14-23)19-9-5-6-11-21-19/h2-9,11,17H,10,12-16H2,1H3,(H,22,25)/p+2/t17-/m1/s1. The molecule has 0 spiro atoms. The Morgan fingerprint density at radius 2 is 1.88 bits per heavy atom. The molecule has 5 heteroatoms. The number of aromatic nitrogens is 1. The van der Waals surface area contributed by atoms with E-state index < -0.39 is 0 Å². The average Bonchev–Trinajstić information content (AvgIpc) is 2.69. The number of benzene rings is 1. The molecule has 132 valence electrons. The summed E-state index contributed by atoms with van der Waals surface area (Å²) in [5, 5.41) is 3.09. The summed E-state index contributed by atoms with van der Waals surface area (Å²) in [7, 11) is 0. The third kappa shape index (κ3) is 4.79. The molecule has 0 unspecified atom stereocenters. The minimum Gasteiger partial charge on any atom is -0.351 e. The molecule has 25 heavy (non-hydrogen) atoms.